The van der Waals surface area contributed by atoms with Gasteiger partial charge >= 0.3 is 6.18 Å². The van der Waals surface area contributed by atoms with Crippen LogP contribution in [0.1, 0.15) is 22.9 Å². The highest BCUT2D eigenvalue weighted by Gasteiger charge is 2.37. The lowest BCUT2D eigenvalue weighted by Crippen LogP contribution is -2.46. The van der Waals surface area contributed by atoms with E-state index in [1.54, 1.807) is 29.2 Å². The Morgan fingerprint density at radius 1 is 1.21 bits per heavy atom. The maximum atomic E-state index is 13.3. The number of nitrogens with one attached hydrogen (secondary N) is 1. The average Bonchev–Trinajstić information content (AvgIpc) is 2.55. The fraction of sp³-hybridized carbons (Fsp3) is 0.375. The number of alkyl halides is 3. The first-order valence-corrected chi connectivity index (χ1v) is 7.53. The van der Waals surface area contributed by atoms with Gasteiger partial charge in [-0.05, 0) is 30.7 Å². The molecule has 0 bridgehead atoms. The van der Waals surface area contributed by atoms with E-state index in [2.05, 4.69) is 15.5 Å². The zero-order valence-electron chi connectivity index (χ0n) is 13.0. The summed E-state index contributed by atoms with van der Waals surface area (Å²) in [6.45, 7) is 2.77. The van der Waals surface area contributed by atoms with Crippen LogP contribution in [0.2, 0.25) is 0 Å². The lowest BCUT2D eigenvalue weighted by molar-refractivity contribution is -0.137. The molecule has 5 nitrogen and oxygen atoms in total. The molecule has 128 valence electrons. The molecule has 1 unspecified atom stereocenters. The van der Waals surface area contributed by atoms with Crippen molar-refractivity contribution in [3.8, 4) is 5.75 Å². The third kappa shape index (κ3) is 3.43. The summed E-state index contributed by atoms with van der Waals surface area (Å²) in [6, 6.07) is 7.50. The van der Waals surface area contributed by atoms with Crippen LogP contribution in [-0.4, -0.2) is 34.9 Å². The van der Waals surface area contributed by atoms with Crippen molar-refractivity contribution in [1.29, 1.82) is 0 Å². The normalized spacial score (nSPS) is 18.7. The van der Waals surface area contributed by atoms with Crippen LogP contribution in [-0.2, 0) is 6.18 Å². The van der Waals surface area contributed by atoms with Crippen molar-refractivity contribution in [1.82, 2.24) is 15.5 Å². The van der Waals surface area contributed by atoms with Gasteiger partial charge in [-0.15, -0.1) is 5.10 Å². The fourth-order valence-corrected chi connectivity index (χ4v) is 2.80. The van der Waals surface area contributed by atoms with Crippen LogP contribution in [0.5, 0.6) is 5.75 Å². The summed E-state index contributed by atoms with van der Waals surface area (Å²) in [5, 5.41) is 20.2. The summed E-state index contributed by atoms with van der Waals surface area (Å²) in [6.07, 6.45) is -4.48. The van der Waals surface area contributed by atoms with E-state index in [1.165, 1.54) is 6.92 Å². The number of hydrogen-bond donors (Lipinski definition) is 2. The number of aromatic hydroxyl groups is 1. The summed E-state index contributed by atoms with van der Waals surface area (Å²) in [5.41, 5.74) is 0.365. The standard InChI is InChI=1S/C16H17F3N4O/c1-10-8-13(16(17,18)19)15(22-21-10)23-7-6-20-14(9-23)11-2-4-12(24)5-3-11/h2-5,8,14,20,24H,6-7,9H2,1H3. The van der Waals surface area contributed by atoms with Crippen LogP contribution < -0.4 is 10.2 Å². The highest BCUT2D eigenvalue weighted by Crippen LogP contribution is 2.36. The molecule has 0 saturated carbocycles. The lowest BCUT2D eigenvalue weighted by atomic mass is 10.0. The van der Waals surface area contributed by atoms with Crippen molar-refractivity contribution in [3.63, 3.8) is 0 Å². The molecule has 0 aliphatic carbocycles. The Kier molecular flexibility index (Phi) is 4.31. The zero-order chi connectivity index (χ0) is 17.3. The monoisotopic (exact) mass is 338 g/mol. The molecular formula is C16H17F3N4O. The predicted octanol–water partition coefficient (Wildman–Crippen LogP) is 2.66. The van der Waals surface area contributed by atoms with Crippen molar-refractivity contribution in [2.75, 3.05) is 24.5 Å². The van der Waals surface area contributed by atoms with Crippen molar-refractivity contribution in [2.45, 2.75) is 19.1 Å². The van der Waals surface area contributed by atoms with Gasteiger partial charge < -0.3 is 15.3 Å². The van der Waals surface area contributed by atoms with E-state index in [9.17, 15) is 18.3 Å². The van der Waals surface area contributed by atoms with Crippen LogP contribution in [0.3, 0.4) is 0 Å². The minimum Gasteiger partial charge on any atom is -0.508 e. The van der Waals surface area contributed by atoms with Crippen molar-refractivity contribution < 1.29 is 18.3 Å². The number of hydrogen-bond acceptors (Lipinski definition) is 5. The SMILES string of the molecule is Cc1cc(C(F)(F)F)c(N2CCNC(c3ccc(O)cc3)C2)nn1. The number of nitrogens with zero attached hydrogens (tertiary/aromatic N) is 3. The molecule has 0 amide bonds. The number of aryl methyl sites for hydroxylation is 1. The molecule has 0 radical (unpaired) electrons. The molecule has 1 saturated heterocycles. The van der Waals surface area contributed by atoms with E-state index in [0.29, 0.717) is 19.6 Å². The number of phenols is 1. The third-order valence-corrected chi connectivity index (χ3v) is 3.97. The first kappa shape index (κ1) is 16.5. The van der Waals surface area contributed by atoms with E-state index >= 15 is 0 Å². The summed E-state index contributed by atoms with van der Waals surface area (Å²) >= 11 is 0. The molecule has 2 aromatic rings. The number of phenolic OH excluding ortho intramolecular Hbond substituents is 1. The van der Waals surface area contributed by atoms with Crippen LogP contribution in [0.4, 0.5) is 19.0 Å². The second kappa shape index (κ2) is 6.27. The van der Waals surface area contributed by atoms with Gasteiger partial charge in [0.25, 0.3) is 0 Å². The second-order valence-electron chi connectivity index (χ2n) is 5.77. The summed E-state index contributed by atoms with van der Waals surface area (Å²) in [5.74, 6) is 0.00792. The molecule has 2 heterocycles. The topological polar surface area (TPSA) is 61.3 Å². The van der Waals surface area contributed by atoms with Gasteiger partial charge in [0.05, 0.1) is 5.69 Å². The smallest absolute Gasteiger partial charge is 0.420 e. The number of aromatic nitrogens is 2. The number of anilines is 1. The molecule has 3 rings (SSSR count). The molecule has 1 atom stereocenters. The van der Waals surface area contributed by atoms with Crippen molar-refractivity contribution >= 4 is 5.82 Å². The van der Waals surface area contributed by atoms with E-state index in [-0.39, 0.29) is 23.3 Å². The largest absolute Gasteiger partial charge is 0.508 e. The molecule has 1 aromatic carbocycles. The van der Waals surface area contributed by atoms with Gasteiger partial charge in [0.2, 0.25) is 0 Å². The molecule has 1 aliphatic rings. The quantitative estimate of drug-likeness (QED) is 0.882. The summed E-state index contributed by atoms with van der Waals surface area (Å²) < 4.78 is 39.9. The maximum absolute atomic E-state index is 13.3. The first-order chi connectivity index (χ1) is 11.3. The minimum absolute atomic E-state index is 0.140. The van der Waals surface area contributed by atoms with Crippen LogP contribution in [0.15, 0.2) is 30.3 Å². The van der Waals surface area contributed by atoms with Gasteiger partial charge in [0.15, 0.2) is 5.82 Å². The fourth-order valence-electron chi connectivity index (χ4n) is 2.80. The van der Waals surface area contributed by atoms with Gasteiger partial charge in [-0.3, -0.25) is 0 Å². The third-order valence-electron chi connectivity index (χ3n) is 3.97. The van der Waals surface area contributed by atoms with Crippen LogP contribution in [0.25, 0.3) is 0 Å². The minimum atomic E-state index is -4.48. The van der Waals surface area contributed by atoms with Crippen LogP contribution >= 0.6 is 0 Å². The number of piperazine rings is 1. The molecular weight excluding hydrogens is 321 g/mol. The number of benzene rings is 1. The van der Waals surface area contributed by atoms with Gasteiger partial charge in [0.1, 0.15) is 11.3 Å². The van der Waals surface area contributed by atoms with Gasteiger partial charge in [0, 0.05) is 25.7 Å². The molecule has 24 heavy (non-hydrogen) atoms. The van der Waals surface area contributed by atoms with E-state index in [4.69, 9.17) is 0 Å². The molecule has 8 heteroatoms. The first-order valence-electron chi connectivity index (χ1n) is 7.53. The molecule has 2 N–H and O–H groups in total. The summed E-state index contributed by atoms with van der Waals surface area (Å²) in [7, 11) is 0. The molecule has 1 aliphatic heterocycles. The predicted molar refractivity (Wildman–Crippen MR) is 82.8 cm³/mol. The Morgan fingerprint density at radius 3 is 2.58 bits per heavy atom. The Balaban J connectivity index is 1.89. The van der Waals surface area contributed by atoms with Crippen molar-refractivity contribution in [2.24, 2.45) is 0 Å². The van der Waals surface area contributed by atoms with Gasteiger partial charge in [-0.2, -0.15) is 18.3 Å². The van der Waals surface area contributed by atoms with Gasteiger partial charge in [-0.25, -0.2) is 0 Å². The average molecular weight is 338 g/mol. The Bertz CT molecular complexity index is 718. The number of rotatable bonds is 2. The molecule has 0 spiro atoms. The Morgan fingerprint density at radius 2 is 1.92 bits per heavy atom. The van der Waals surface area contributed by atoms with Crippen LogP contribution in [0, 0.1) is 6.92 Å². The maximum Gasteiger partial charge on any atom is 0.420 e. The Labute approximate surface area is 137 Å². The van der Waals surface area contributed by atoms with E-state index < -0.39 is 11.7 Å². The molecule has 1 fully saturated rings. The second-order valence-corrected chi connectivity index (χ2v) is 5.77. The highest BCUT2D eigenvalue weighted by molar-refractivity contribution is 5.49. The van der Waals surface area contributed by atoms with E-state index in [1.807, 2.05) is 0 Å². The molecule has 1 aromatic heterocycles. The zero-order valence-corrected chi connectivity index (χ0v) is 13.0. The number of halogens is 3. The Hall–Kier alpha value is -2.35. The van der Waals surface area contributed by atoms with Gasteiger partial charge in [-0.1, -0.05) is 12.1 Å². The lowest BCUT2D eigenvalue weighted by Gasteiger charge is -2.35. The van der Waals surface area contributed by atoms with Crippen molar-refractivity contribution in [3.05, 3.63) is 47.2 Å². The highest BCUT2D eigenvalue weighted by atomic mass is 19.4. The van der Waals surface area contributed by atoms with E-state index in [0.717, 1.165) is 11.6 Å². The summed E-state index contributed by atoms with van der Waals surface area (Å²) in [4.78, 5) is 1.60.